The maximum absolute atomic E-state index is 12.2. The Kier molecular flexibility index (Phi) is 10.4. The van der Waals surface area contributed by atoms with E-state index in [1.807, 2.05) is 25.1 Å². The Morgan fingerprint density at radius 2 is 2.19 bits per heavy atom. The van der Waals surface area contributed by atoms with E-state index in [4.69, 9.17) is 9.47 Å². The molecule has 1 heterocycles. The fraction of sp³-hybridized carbons (Fsp3) is 0.650. The van der Waals surface area contributed by atoms with Gasteiger partial charge in [-0.3, -0.25) is 4.79 Å². The maximum atomic E-state index is 12.2. The highest BCUT2D eigenvalue weighted by Crippen LogP contribution is 2.30. The maximum Gasteiger partial charge on any atom is 0.220 e. The summed E-state index contributed by atoms with van der Waals surface area (Å²) in [6, 6.07) is 5.83. The van der Waals surface area contributed by atoms with Crippen LogP contribution in [0.1, 0.15) is 57.6 Å². The average Bonchev–Trinajstić information content (AvgIpc) is 3.14. The molecule has 0 aliphatic carbocycles. The van der Waals surface area contributed by atoms with Crippen molar-refractivity contribution in [3.05, 3.63) is 23.8 Å². The van der Waals surface area contributed by atoms with Crippen molar-refractivity contribution in [1.29, 1.82) is 0 Å². The Morgan fingerprint density at radius 1 is 1.38 bits per heavy atom. The number of unbranched alkanes of at least 4 members (excludes halogenated alkanes) is 1. The van der Waals surface area contributed by atoms with Gasteiger partial charge in [-0.05, 0) is 62.9 Å². The summed E-state index contributed by atoms with van der Waals surface area (Å²) in [6.45, 7) is 6.95. The van der Waals surface area contributed by atoms with E-state index in [1.54, 1.807) is 7.11 Å². The van der Waals surface area contributed by atoms with Gasteiger partial charge in [0.25, 0.3) is 0 Å². The van der Waals surface area contributed by atoms with Gasteiger partial charge in [0.05, 0.1) is 19.8 Å². The number of benzene rings is 1. The number of amides is 1. The lowest BCUT2D eigenvalue weighted by Gasteiger charge is -2.18. The minimum absolute atomic E-state index is 0. The molecule has 0 radical (unpaired) electrons. The number of hydrogen-bond acceptors (Lipinski definition) is 4. The molecule has 6 heteroatoms. The third-order valence-electron chi connectivity index (χ3n) is 4.76. The predicted octanol–water partition coefficient (Wildman–Crippen LogP) is 3.86. The van der Waals surface area contributed by atoms with E-state index in [1.165, 1.54) is 6.42 Å². The van der Waals surface area contributed by atoms with Crippen molar-refractivity contribution < 1.29 is 14.3 Å². The van der Waals surface area contributed by atoms with Gasteiger partial charge in [-0.15, -0.1) is 12.4 Å². The molecule has 2 N–H and O–H groups in total. The van der Waals surface area contributed by atoms with Crippen molar-refractivity contribution in [2.24, 2.45) is 5.92 Å². The van der Waals surface area contributed by atoms with Gasteiger partial charge < -0.3 is 20.1 Å². The highest BCUT2D eigenvalue weighted by Gasteiger charge is 2.17. The summed E-state index contributed by atoms with van der Waals surface area (Å²) in [5.74, 6) is 2.22. The first-order valence-electron chi connectivity index (χ1n) is 9.44. The minimum atomic E-state index is -0.0483. The Morgan fingerprint density at radius 3 is 2.85 bits per heavy atom. The zero-order valence-electron chi connectivity index (χ0n) is 16.2. The quantitative estimate of drug-likeness (QED) is 0.601. The number of ether oxygens (including phenoxy) is 2. The molecular formula is C20H33ClN2O3. The van der Waals surface area contributed by atoms with Crippen LogP contribution >= 0.6 is 12.4 Å². The van der Waals surface area contributed by atoms with Crippen LogP contribution in [0.25, 0.3) is 0 Å². The van der Waals surface area contributed by atoms with E-state index in [0.717, 1.165) is 43.7 Å². The zero-order valence-corrected chi connectivity index (χ0v) is 17.0. The summed E-state index contributed by atoms with van der Waals surface area (Å²) in [6.07, 6.45) is 4.85. The van der Waals surface area contributed by atoms with E-state index >= 15 is 0 Å². The number of rotatable bonds is 10. The van der Waals surface area contributed by atoms with Gasteiger partial charge in [0, 0.05) is 6.42 Å². The van der Waals surface area contributed by atoms with Crippen LogP contribution in [-0.2, 0) is 4.79 Å². The van der Waals surface area contributed by atoms with E-state index in [0.29, 0.717) is 24.7 Å². The molecule has 0 aromatic heterocycles. The van der Waals surface area contributed by atoms with E-state index in [2.05, 4.69) is 17.6 Å². The summed E-state index contributed by atoms with van der Waals surface area (Å²) in [7, 11) is 1.64. The van der Waals surface area contributed by atoms with E-state index in [9.17, 15) is 4.79 Å². The van der Waals surface area contributed by atoms with Gasteiger partial charge in [0.1, 0.15) is 0 Å². The van der Waals surface area contributed by atoms with Crippen molar-refractivity contribution in [2.75, 3.05) is 26.8 Å². The average molecular weight is 385 g/mol. The molecule has 1 aromatic carbocycles. The van der Waals surface area contributed by atoms with Crippen LogP contribution in [-0.4, -0.2) is 32.7 Å². The van der Waals surface area contributed by atoms with Crippen LogP contribution in [0.15, 0.2) is 18.2 Å². The molecule has 1 aliphatic rings. The first kappa shape index (κ1) is 22.6. The molecule has 2 rings (SSSR count). The number of nitrogens with one attached hydrogen (secondary N) is 2. The second kappa shape index (κ2) is 12.0. The lowest BCUT2D eigenvalue weighted by molar-refractivity contribution is -0.122. The lowest BCUT2D eigenvalue weighted by atomic mass is 10.0. The van der Waals surface area contributed by atoms with Gasteiger partial charge in [0.15, 0.2) is 11.5 Å². The fourth-order valence-corrected chi connectivity index (χ4v) is 3.09. The van der Waals surface area contributed by atoms with Crippen molar-refractivity contribution in [3.63, 3.8) is 0 Å². The molecule has 5 nitrogen and oxygen atoms in total. The summed E-state index contributed by atoms with van der Waals surface area (Å²) in [5, 5.41) is 6.43. The molecule has 0 bridgehead atoms. The Bertz CT molecular complexity index is 548. The molecule has 1 fully saturated rings. The normalized spacial score (nSPS) is 17.3. The van der Waals surface area contributed by atoms with Gasteiger partial charge in [-0.25, -0.2) is 0 Å². The highest BCUT2D eigenvalue weighted by molar-refractivity contribution is 5.85. The van der Waals surface area contributed by atoms with Crippen molar-refractivity contribution in [3.8, 4) is 11.5 Å². The first-order valence-corrected chi connectivity index (χ1v) is 9.44. The van der Waals surface area contributed by atoms with Gasteiger partial charge >= 0.3 is 0 Å². The molecule has 148 valence electrons. The van der Waals surface area contributed by atoms with Crippen LogP contribution in [0.5, 0.6) is 11.5 Å². The number of hydrogen-bond donors (Lipinski definition) is 2. The molecule has 2 unspecified atom stereocenters. The Balaban J connectivity index is 0.00000338. The molecule has 1 aromatic rings. The Labute approximate surface area is 163 Å². The van der Waals surface area contributed by atoms with Crippen LogP contribution in [0.3, 0.4) is 0 Å². The summed E-state index contributed by atoms with van der Waals surface area (Å²) < 4.78 is 11.2. The first-order chi connectivity index (χ1) is 12.1. The molecule has 1 aliphatic heterocycles. The topological polar surface area (TPSA) is 59.6 Å². The number of carbonyl (C=O) groups excluding carboxylic acids is 1. The number of methoxy groups -OCH3 is 1. The lowest BCUT2D eigenvalue weighted by Crippen LogP contribution is -2.27. The highest BCUT2D eigenvalue weighted by atomic mass is 35.5. The van der Waals surface area contributed by atoms with Gasteiger partial charge in [-0.1, -0.05) is 19.4 Å². The van der Waals surface area contributed by atoms with Gasteiger partial charge in [0.2, 0.25) is 5.91 Å². The zero-order chi connectivity index (χ0) is 18.1. The standard InChI is InChI=1S/C20H32N2O3.ClH/c1-4-5-12-25-18-8-7-17(13-19(18)24-3)15(2)22-20(23)9-6-16-10-11-21-14-16;/h7-8,13,15-16,21H,4-6,9-12,14H2,1-3H3,(H,22,23);1H. The SMILES string of the molecule is CCCCOc1ccc(C(C)NC(=O)CCC2CCNC2)cc1OC.Cl. The number of carbonyl (C=O) groups is 1. The van der Waals surface area contributed by atoms with Crippen LogP contribution in [0.4, 0.5) is 0 Å². The van der Waals surface area contributed by atoms with E-state index in [-0.39, 0.29) is 24.4 Å². The molecule has 0 spiro atoms. The molecule has 0 saturated carbocycles. The van der Waals surface area contributed by atoms with Crippen LogP contribution < -0.4 is 20.1 Å². The van der Waals surface area contributed by atoms with Crippen LogP contribution in [0.2, 0.25) is 0 Å². The third kappa shape index (κ3) is 7.04. The van der Waals surface area contributed by atoms with Crippen molar-refractivity contribution >= 4 is 18.3 Å². The third-order valence-corrected chi connectivity index (χ3v) is 4.76. The largest absolute Gasteiger partial charge is 0.493 e. The number of halogens is 1. The van der Waals surface area contributed by atoms with E-state index < -0.39 is 0 Å². The minimum Gasteiger partial charge on any atom is -0.493 e. The molecule has 1 amide bonds. The summed E-state index contributed by atoms with van der Waals surface area (Å²) >= 11 is 0. The molecule has 1 saturated heterocycles. The second-order valence-electron chi connectivity index (χ2n) is 6.80. The second-order valence-corrected chi connectivity index (χ2v) is 6.80. The molecule has 2 atom stereocenters. The molecule has 26 heavy (non-hydrogen) atoms. The molecular weight excluding hydrogens is 352 g/mol. The van der Waals surface area contributed by atoms with Gasteiger partial charge in [-0.2, -0.15) is 0 Å². The Hall–Kier alpha value is -1.46. The monoisotopic (exact) mass is 384 g/mol. The summed E-state index contributed by atoms with van der Waals surface area (Å²) in [4.78, 5) is 12.2. The fourth-order valence-electron chi connectivity index (χ4n) is 3.09. The van der Waals surface area contributed by atoms with Crippen LogP contribution in [0, 0.1) is 5.92 Å². The summed E-state index contributed by atoms with van der Waals surface area (Å²) in [5.41, 5.74) is 1.02. The van der Waals surface area contributed by atoms with Crippen molar-refractivity contribution in [1.82, 2.24) is 10.6 Å². The van der Waals surface area contributed by atoms with Crippen molar-refractivity contribution in [2.45, 2.75) is 52.0 Å². The predicted molar refractivity (Wildman–Crippen MR) is 107 cm³/mol. The smallest absolute Gasteiger partial charge is 0.220 e.